The highest BCUT2D eigenvalue weighted by atomic mass is 16.2. The molecule has 0 radical (unpaired) electrons. The van der Waals surface area contributed by atoms with Gasteiger partial charge in [-0.25, -0.2) is 9.97 Å². The van der Waals surface area contributed by atoms with E-state index in [-0.39, 0.29) is 11.7 Å². The first-order valence-corrected chi connectivity index (χ1v) is 8.35. The molecule has 2 heterocycles. The molecule has 128 valence electrons. The van der Waals surface area contributed by atoms with E-state index in [4.69, 9.17) is 5.26 Å². The average Bonchev–Trinajstić information content (AvgIpc) is 3.14. The van der Waals surface area contributed by atoms with Crippen LogP contribution in [0.25, 0.3) is 0 Å². The molecule has 3 rings (SSSR count). The number of rotatable bonds is 4. The van der Waals surface area contributed by atoms with Gasteiger partial charge >= 0.3 is 0 Å². The molecule has 1 amide bonds. The molecule has 0 aromatic carbocycles. The third-order valence-electron chi connectivity index (χ3n) is 5.08. The molecule has 1 N–H and O–H groups in total. The number of amides is 1. The smallest absolute Gasteiger partial charge is 0.290 e. The van der Waals surface area contributed by atoms with Crippen LogP contribution in [0.5, 0.6) is 0 Å². The molecule has 1 aliphatic heterocycles. The van der Waals surface area contributed by atoms with Crippen LogP contribution in [0, 0.1) is 25.2 Å². The Bertz CT molecular complexity index is 704. The SMILES string of the molecule is Cc1nc(C(=O)NC2(C#N)CC2)nc(N2CC[C@@H](N(C)C)C2)c1C. The number of hydrogen-bond acceptors (Lipinski definition) is 6. The van der Waals surface area contributed by atoms with Gasteiger partial charge in [0, 0.05) is 30.4 Å². The van der Waals surface area contributed by atoms with Crippen molar-refractivity contribution in [1.82, 2.24) is 20.2 Å². The molecule has 1 saturated heterocycles. The quantitative estimate of drug-likeness (QED) is 0.888. The van der Waals surface area contributed by atoms with Gasteiger partial charge in [0.1, 0.15) is 11.4 Å². The van der Waals surface area contributed by atoms with Crippen LogP contribution in [-0.4, -0.2) is 59.5 Å². The molecular weight excluding hydrogens is 304 g/mol. The van der Waals surface area contributed by atoms with Crippen molar-refractivity contribution in [2.75, 3.05) is 32.1 Å². The number of aryl methyl sites for hydroxylation is 1. The zero-order valence-electron chi connectivity index (χ0n) is 14.8. The van der Waals surface area contributed by atoms with Gasteiger partial charge in [0.05, 0.1) is 6.07 Å². The molecule has 7 nitrogen and oxygen atoms in total. The van der Waals surface area contributed by atoms with Crippen LogP contribution in [0.15, 0.2) is 0 Å². The van der Waals surface area contributed by atoms with Crippen LogP contribution >= 0.6 is 0 Å². The predicted molar refractivity (Wildman–Crippen MR) is 90.9 cm³/mol. The molecule has 1 aromatic rings. The molecule has 24 heavy (non-hydrogen) atoms. The lowest BCUT2D eigenvalue weighted by Crippen LogP contribution is -2.37. The van der Waals surface area contributed by atoms with Gasteiger partial charge in [0.15, 0.2) is 0 Å². The molecule has 1 aromatic heterocycles. The largest absolute Gasteiger partial charge is 0.355 e. The molecule has 0 spiro atoms. The third-order valence-corrected chi connectivity index (χ3v) is 5.08. The fourth-order valence-electron chi connectivity index (χ4n) is 3.04. The van der Waals surface area contributed by atoms with Gasteiger partial charge in [-0.1, -0.05) is 0 Å². The first kappa shape index (κ1) is 16.7. The Hall–Kier alpha value is -2.20. The summed E-state index contributed by atoms with van der Waals surface area (Å²) in [5.41, 5.74) is 1.11. The Labute approximate surface area is 142 Å². The number of anilines is 1. The number of likely N-dealkylation sites (N-methyl/N-ethyl adjacent to an activating group) is 1. The zero-order valence-corrected chi connectivity index (χ0v) is 14.8. The fraction of sp³-hybridized carbons (Fsp3) is 0.647. The standard InChI is InChI=1S/C17H24N6O/c1-11-12(2)19-14(16(24)21-17(10-18)6-7-17)20-15(11)23-8-5-13(9-23)22(3)4/h13H,5-9H2,1-4H3,(H,21,24)/t13-/m1/s1. The lowest BCUT2D eigenvalue weighted by Gasteiger charge is -2.23. The summed E-state index contributed by atoms with van der Waals surface area (Å²) in [5, 5.41) is 11.9. The minimum absolute atomic E-state index is 0.155. The summed E-state index contributed by atoms with van der Waals surface area (Å²) in [6.07, 6.45) is 2.47. The van der Waals surface area contributed by atoms with Crippen molar-refractivity contribution in [1.29, 1.82) is 5.26 Å². The third kappa shape index (κ3) is 3.06. The molecular formula is C17H24N6O. The summed E-state index contributed by atoms with van der Waals surface area (Å²) < 4.78 is 0. The second-order valence-electron chi connectivity index (χ2n) is 7.08. The molecule has 0 unspecified atom stereocenters. The minimum atomic E-state index is -0.705. The number of nitrogens with zero attached hydrogens (tertiary/aromatic N) is 5. The lowest BCUT2D eigenvalue weighted by atomic mass is 10.2. The summed E-state index contributed by atoms with van der Waals surface area (Å²) in [6.45, 7) is 5.71. The van der Waals surface area contributed by atoms with E-state index in [9.17, 15) is 4.79 Å². The molecule has 1 atom stereocenters. The highest BCUT2D eigenvalue weighted by Crippen LogP contribution is 2.34. The van der Waals surface area contributed by atoms with Crippen LogP contribution in [0.2, 0.25) is 0 Å². The van der Waals surface area contributed by atoms with E-state index in [0.29, 0.717) is 18.9 Å². The summed E-state index contributed by atoms with van der Waals surface area (Å²) in [7, 11) is 4.17. The highest BCUT2D eigenvalue weighted by Gasteiger charge is 2.45. The predicted octanol–water partition coefficient (Wildman–Crippen LogP) is 1.02. The maximum absolute atomic E-state index is 12.4. The Morgan fingerprint density at radius 3 is 2.62 bits per heavy atom. The summed E-state index contributed by atoms with van der Waals surface area (Å²) in [4.78, 5) is 25.8. The molecule has 2 aliphatic rings. The van der Waals surface area contributed by atoms with E-state index in [2.05, 4.69) is 45.2 Å². The summed E-state index contributed by atoms with van der Waals surface area (Å²) in [5.74, 6) is 0.628. The van der Waals surface area contributed by atoms with E-state index in [1.807, 2.05) is 13.8 Å². The molecule has 1 saturated carbocycles. The van der Waals surface area contributed by atoms with Crippen molar-refractivity contribution in [2.45, 2.75) is 44.7 Å². The van der Waals surface area contributed by atoms with Gasteiger partial charge in [-0.2, -0.15) is 5.26 Å². The summed E-state index contributed by atoms with van der Waals surface area (Å²) in [6, 6.07) is 2.65. The second-order valence-corrected chi connectivity index (χ2v) is 7.08. The van der Waals surface area contributed by atoms with Crippen LogP contribution in [0.3, 0.4) is 0 Å². The molecule has 7 heteroatoms. The van der Waals surface area contributed by atoms with E-state index in [0.717, 1.165) is 36.6 Å². The monoisotopic (exact) mass is 328 g/mol. The molecule has 2 fully saturated rings. The van der Waals surface area contributed by atoms with Crippen molar-refractivity contribution >= 4 is 11.7 Å². The number of nitrogens with one attached hydrogen (secondary N) is 1. The molecule has 0 bridgehead atoms. The van der Waals surface area contributed by atoms with Crippen LogP contribution < -0.4 is 10.2 Å². The van der Waals surface area contributed by atoms with Crippen molar-refractivity contribution < 1.29 is 4.79 Å². The number of hydrogen-bond donors (Lipinski definition) is 1. The maximum Gasteiger partial charge on any atom is 0.290 e. The maximum atomic E-state index is 12.4. The van der Waals surface area contributed by atoms with Gasteiger partial charge in [-0.15, -0.1) is 0 Å². The van der Waals surface area contributed by atoms with Crippen molar-refractivity contribution in [2.24, 2.45) is 0 Å². The Kier molecular flexibility index (Phi) is 4.18. The number of carbonyl (C=O) groups is 1. The average molecular weight is 328 g/mol. The number of carbonyl (C=O) groups excluding carboxylic acids is 1. The normalized spacial score (nSPS) is 21.7. The Morgan fingerprint density at radius 1 is 1.38 bits per heavy atom. The van der Waals surface area contributed by atoms with Crippen molar-refractivity contribution in [3.05, 3.63) is 17.1 Å². The molecule has 1 aliphatic carbocycles. The lowest BCUT2D eigenvalue weighted by molar-refractivity contribution is 0.0931. The van der Waals surface area contributed by atoms with E-state index in [1.165, 1.54) is 0 Å². The van der Waals surface area contributed by atoms with Crippen LogP contribution in [0.4, 0.5) is 5.82 Å². The number of nitriles is 1. The Morgan fingerprint density at radius 2 is 2.08 bits per heavy atom. The van der Waals surface area contributed by atoms with Gasteiger partial charge < -0.3 is 15.1 Å². The van der Waals surface area contributed by atoms with Crippen LogP contribution in [-0.2, 0) is 0 Å². The first-order chi connectivity index (χ1) is 11.3. The fourth-order valence-corrected chi connectivity index (χ4v) is 3.04. The topological polar surface area (TPSA) is 85.1 Å². The second kappa shape index (κ2) is 6.02. The van der Waals surface area contributed by atoms with Crippen molar-refractivity contribution in [3.63, 3.8) is 0 Å². The Balaban J connectivity index is 1.84. The van der Waals surface area contributed by atoms with E-state index < -0.39 is 5.54 Å². The minimum Gasteiger partial charge on any atom is -0.355 e. The highest BCUT2D eigenvalue weighted by molar-refractivity contribution is 5.92. The summed E-state index contributed by atoms with van der Waals surface area (Å²) >= 11 is 0. The van der Waals surface area contributed by atoms with E-state index in [1.54, 1.807) is 0 Å². The van der Waals surface area contributed by atoms with Gasteiger partial charge in [-0.3, -0.25) is 4.79 Å². The van der Waals surface area contributed by atoms with Gasteiger partial charge in [0.2, 0.25) is 5.82 Å². The van der Waals surface area contributed by atoms with Gasteiger partial charge in [-0.05, 0) is 47.2 Å². The van der Waals surface area contributed by atoms with Gasteiger partial charge in [0.25, 0.3) is 5.91 Å². The first-order valence-electron chi connectivity index (χ1n) is 8.35. The van der Waals surface area contributed by atoms with E-state index >= 15 is 0 Å². The van der Waals surface area contributed by atoms with Crippen molar-refractivity contribution in [3.8, 4) is 6.07 Å². The zero-order chi connectivity index (χ0) is 17.5. The number of aromatic nitrogens is 2. The van der Waals surface area contributed by atoms with Crippen LogP contribution in [0.1, 0.15) is 41.1 Å².